The van der Waals surface area contributed by atoms with Crippen LogP contribution in [0.3, 0.4) is 0 Å². The van der Waals surface area contributed by atoms with E-state index >= 15 is 0 Å². The molecule has 4 heteroatoms. The van der Waals surface area contributed by atoms with Crippen molar-refractivity contribution in [2.24, 2.45) is 22.7 Å². The van der Waals surface area contributed by atoms with Crippen LogP contribution in [0.1, 0.15) is 87.5 Å². The molecule has 0 aromatic rings. The molecule has 0 aliphatic rings. The molecule has 0 rings (SSSR count). The van der Waals surface area contributed by atoms with Gasteiger partial charge in [0.05, 0.1) is 5.92 Å². The van der Waals surface area contributed by atoms with Gasteiger partial charge in [0.1, 0.15) is 6.10 Å². The summed E-state index contributed by atoms with van der Waals surface area (Å²) < 4.78 is 5.82. The van der Waals surface area contributed by atoms with Crippen molar-refractivity contribution in [2.75, 3.05) is 0 Å². The van der Waals surface area contributed by atoms with Crippen LogP contribution in [0.25, 0.3) is 0 Å². The molecule has 1 N–H and O–H groups in total. The number of carboxylic acids is 1. The summed E-state index contributed by atoms with van der Waals surface area (Å²) >= 11 is 0. The average molecular weight is 343 g/mol. The maximum atomic E-state index is 12.5. The van der Waals surface area contributed by atoms with Crippen molar-refractivity contribution < 1.29 is 19.4 Å². The monoisotopic (exact) mass is 342 g/mol. The molecule has 0 bridgehead atoms. The first-order valence-corrected chi connectivity index (χ1v) is 9.13. The first-order chi connectivity index (χ1) is 10.7. The highest BCUT2D eigenvalue weighted by Gasteiger charge is 2.29. The lowest BCUT2D eigenvalue weighted by Crippen LogP contribution is -2.31. The van der Waals surface area contributed by atoms with Crippen LogP contribution >= 0.6 is 0 Å². The lowest BCUT2D eigenvalue weighted by atomic mass is 9.82. The molecule has 142 valence electrons. The minimum absolute atomic E-state index is 0.0776. The maximum Gasteiger partial charge on any atom is 0.308 e. The average Bonchev–Trinajstić information content (AvgIpc) is 2.32. The molecule has 0 radical (unpaired) electrons. The summed E-state index contributed by atoms with van der Waals surface area (Å²) in [6, 6.07) is 0. The van der Waals surface area contributed by atoms with Crippen LogP contribution < -0.4 is 0 Å². The Morgan fingerprint density at radius 3 is 1.88 bits per heavy atom. The molecule has 0 aromatic carbocycles. The van der Waals surface area contributed by atoms with Gasteiger partial charge in [-0.15, -0.1) is 0 Å². The molecule has 0 fully saturated rings. The van der Waals surface area contributed by atoms with Gasteiger partial charge in [0.25, 0.3) is 0 Å². The summed E-state index contributed by atoms with van der Waals surface area (Å²) in [6.45, 7) is 16.9. The number of carbonyl (C=O) groups is 2. The Bertz CT molecular complexity index is 401. The molecule has 24 heavy (non-hydrogen) atoms. The Labute approximate surface area is 148 Å². The van der Waals surface area contributed by atoms with Gasteiger partial charge in [0.2, 0.25) is 0 Å². The summed E-state index contributed by atoms with van der Waals surface area (Å²) in [5, 5.41) is 8.84. The third-order valence-electron chi connectivity index (χ3n) is 4.04. The normalized spacial score (nSPS) is 16.3. The van der Waals surface area contributed by atoms with E-state index in [0.29, 0.717) is 12.8 Å². The van der Waals surface area contributed by atoms with E-state index in [9.17, 15) is 9.59 Å². The van der Waals surface area contributed by atoms with Crippen LogP contribution in [-0.2, 0) is 14.3 Å². The second kappa shape index (κ2) is 9.43. The van der Waals surface area contributed by atoms with Gasteiger partial charge in [-0.05, 0) is 42.4 Å². The van der Waals surface area contributed by atoms with Crippen molar-refractivity contribution >= 4 is 11.9 Å². The summed E-state index contributed by atoms with van der Waals surface area (Å²) in [5.74, 6) is -0.894. The van der Waals surface area contributed by atoms with Crippen molar-refractivity contribution in [1.29, 1.82) is 0 Å². The fourth-order valence-electron chi connectivity index (χ4n) is 3.28. The van der Waals surface area contributed by atoms with Crippen LogP contribution in [0.2, 0.25) is 0 Å². The first kappa shape index (κ1) is 22.9. The fourth-order valence-corrected chi connectivity index (χ4v) is 3.28. The van der Waals surface area contributed by atoms with E-state index in [-0.39, 0.29) is 41.2 Å². The Morgan fingerprint density at radius 1 is 0.958 bits per heavy atom. The predicted octanol–water partition coefficient (Wildman–Crippen LogP) is 5.30. The SMILES string of the molecule is CC(CC(C)(C)C)C(=O)OC(CCCC(=O)O)C(C)CC(C)(C)C. The molecular formula is C20H38O4. The van der Waals surface area contributed by atoms with E-state index in [1.54, 1.807) is 0 Å². The largest absolute Gasteiger partial charge is 0.481 e. The number of ether oxygens (including phenoxy) is 1. The van der Waals surface area contributed by atoms with E-state index in [2.05, 4.69) is 48.5 Å². The number of aliphatic carboxylic acids is 1. The van der Waals surface area contributed by atoms with Gasteiger partial charge in [-0.1, -0.05) is 55.4 Å². The van der Waals surface area contributed by atoms with Crippen LogP contribution in [0.15, 0.2) is 0 Å². The van der Waals surface area contributed by atoms with Crippen LogP contribution in [0, 0.1) is 22.7 Å². The topological polar surface area (TPSA) is 63.6 Å². The van der Waals surface area contributed by atoms with E-state index in [4.69, 9.17) is 9.84 Å². The van der Waals surface area contributed by atoms with Gasteiger partial charge in [-0.2, -0.15) is 0 Å². The number of esters is 1. The van der Waals surface area contributed by atoms with Crippen molar-refractivity contribution in [3.8, 4) is 0 Å². The van der Waals surface area contributed by atoms with Crippen molar-refractivity contribution in [1.82, 2.24) is 0 Å². The smallest absolute Gasteiger partial charge is 0.308 e. The summed E-state index contributed by atoms with van der Waals surface area (Å²) in [7, 11) is 0. The summed E-state index contributed by atoms with van der Waals surface area (Å²) in [5.41, 5.74) is 0.224. The van der Waals surface area contributed by atoms with Crippen LogP contribution in [0.4, 0.5) is 0 Å². The zero-order valence-corrected chi connectivity index (χ0v) is 16.9. The van der Waals surface area contributed by atoms with E-state index in [1.165, 1.54) is 0 Å². The van der Waals surface area contributed by atoms with Gasteiger partial charge in [0.15, 0.2) is 0 Å². The van der Waals surface area contributed by atoms with Gasteiger partial charge in [-0.3, -0.25) is 9.59 Å². The van der Waals surface area contributed by atoms with E-state index in [0.717, 1.165) is 12.8 Å². The maximum absolute atomic E-state index is 12.5. The van der Waals surface area contributed by atoms with Gasteiger partial charge >= 0.3 is 11.9 Å². The summed E-state index contributed by atoms with van der Waals surface area (Å²) in [6.07, 6.45) is 2.77. The second-order valence-electron chi connectivity index (χ2n) is 9.67. The van der Waals surface area contributed by atoms with Gasteiger partial charge < -0.3 is 9.84 Å². The third kappa shape index (κ3) is 11.5. The molecule has 4 nitrogen and oxygen atoms in total. The van der Waals surface area contributed by atoms with E-state index < -0.39 is 5.97 Å². The predicted molar refractivity (Wildman–Crippen MR) is 97.8 cm³/mol. The highest BCUT2D eigenvalue weighted by molar-refractivity contribution is 5.72. The van der Waals surface area contributed by atoms with Gasteiger partial charge in [0, 0.05) is 6.42 Å². The van der Waals surface area contributed by atoms with Gasteiger partial charge in [-0.25, -0.2) is 0 Å². The molecular weight excluding hydrogens is 304 g/mol. The Hall–Kier alpha value is -1.06. The molecule has 0 amide bonds. The molecule has 0 aliphatic carbocycles. The zero-order chi connectivity index (χ0) is 19.1. The molecule has 0 aliphatic heterocycles. The van der Waals surface area contributed by atoms with Crippen LogP contribution in [0.5, 0.6) is 0 Å². The number of carbonyl (C=O) groups excluding carboxylic acids is 1. The van der Waals surface area contributed by atoms with E-state index in [1.807, 2.05) is 6.92 Å². The lowest BCUT2D eigenvalue weighted by molar-refractivity contribution is -0.158. The van der Waals surface area contributed by atoms with Crippen molar-refractivity contribution in [3.05, 3.63) is 0 Å². The van der Waals surface area contributed by atoms with Crippen LogP contribution in [-0.4, -0.2) is 23.1 Å². The highest BCUT2D eigenvalue weighted by atomic mass is 16.5. The number of hydrogen-bond donors (Lipinski definition) is 1. The number of hydrogen-bond acceptors (Lipinski definition) is 3. The van der Waals surface area contributed by atoms with Crippen molar-refractivity contribution in [3.63, 3.8) is 0 Å². The minimum Gasteiger partial charge on any atom is -0.481 e. The minimum atomic E-state index is -0.801. The molecule has 0 saturated heterocycles. The zero-order valence-electron chi connectivity index (χ0n) is 16.9. The highest BCUT2D eigenvalue weighted by Crippen LogP contribution is 2.31. The molecule has 3 unspecified atom stereocenters. The molecule has 0 spiro atoms. The Balaban J connectivity index is 4.84. The summed E-state index contributed by atoms with van der Waals surface area (Å²) in [4.78, 5) is 23.2. The number of carboxylic acid groups (broad SMARTS) is 1. The third-order valence-corrected chi connectivity index (χ3v) is 4.04. The Morgan fingerprint density at radius 2 is 1.46 bits per heavy atom. The Kier molecular flexibility index (Phi) is 9.01. The first-order valence-electron chi connectivity index (χ1n) is 9.13. The second-order valence-corrected chi connectivity index (χ2v) is 9.67. The lowest BCUT2D eigenvalue weighted by Gasteiger charge is -2.31. The quantitative estimate of drug-likeness (QED) is 0.578. The van der Waals surface area contributed by atoms with Crippen molar-refractivity contribution in [2.45, 2.75) is 93.6 Å². The number of rotatable bonds is 9. The standard InChI is InChI=1S/C20H38O4/c1-14(12-19(3,4)5)16(10-9-11-17(21)22)24-18(23)15(2)13-20(6,7)8/h14-16H,9-13H2,1-8H3,(H,21,22). The molecule has 0 aromatic heterocycles. The molecule has 0 heterocycles. The fraction of sp³-hybridized carbons (Fsp3) is 0.900. The molecule has 0 saturated carbocycles. The molecule has 3 atom stereocenters.